The minimum Gasteiger partial charge on any atom is -0.313 e. The van der Waals surface area contributed by atoms with Crippen molar-refractivity contribution in [2.45, 2.75) is 51.6 Å². The minimum absolute atomic E-state index is 0.794. The molecule has 0 radical (unpaired) electrons. The number of hydrogen-bond donors (Lipinski definition) is 1. The summed E-state index contributed by atoms with van der Waals surface area (Å²) in [5, 5.41) is 3.62. The van der Waals surface area contributed by atoms with E-state index < -0.39 is 0 Å². The van der Waals surface area contributed by atoms with Gasteiger partial charge in [0, 0.05) is 12.6 Å². The zero-order chi connectivity index (χ0) is 13.5. The summed E-state index contributed by atoms with van der Waals surface area (Å²) in [6.07, 6.45) is 6.58. The van der Waals surface area contributed by atoms with E-state index in [0.29, 0.717) is 0 Å². The van der Waals surface area contributed by atoms with Crippen LogP contribution in [0, 0.1) is 0 Å². The molecule has 1 aromatic rings. The van der Waals surface area contributed by atoms with Gasteiger partial charge in [-0.05, 0) is 56.9 Å². The smallest absolute Gasteiger partial charge is 0.0208 e. The molecule has 19 heavy (non-hydrogen) atoms. The molecule has 106 valence electrons. The summed E-state index contributed by atoms with van der Waals surface area (Å²) < 4.78 is 0. The molecule has 0 aliphatic carbocycles. The standard InChI is InChI=1S/C17H28N2/c1-3-15-8-4-5-9-16(15)14-18-12-11-17-10-6-7-13-19(17)2/h4-5,8-9,17-18H,3,6-7,10-14H2,1-2H3. The van der Waals surface area contributed by atoms with Gasteiger partial charge in [0.05, 0.1) is 0 Å². The first-order valence-corrected chi connectivity index (χ1v) is 7.79. The Morgan fingerprint density at radius 3 is 2.74 bits per heavy atom. The largest absolute Gasteiger partial charge is 0.313 e. The van der Waals surface area contributed by atoms with Gasteiger partial charge in [0.1, 0.15) is 0 Å². The summed E-state index contributed by atoms with van der Waals surface area (Å²) in [5.41, 5.74) is 2.94. The Morgan fingerprint density at radius 1 is 1.21 bits per heavy atom. The summed E-state index contributed by atoms with van der Waals surface area (Å²) in [4.78, 5) is 2.53. The maximum absolute atomic E-state index is 3.62. The van der Waals surface area contributed by atoms with E-state index in [1.165, 1.54) is 43.4 Å². The van der Waals surface area contributed by atoms with E-state index in [9.17, 15) is 0 Å². The third-order valence-corrected chi connectivity index (χ3v) is 4.39. The van der Waals surface area contributed by atoms with Gasteiger partial charge in [0.25, 0.3) is 0 Å². The number of nitrogens with one attached hydrogen (secondary N) is 1. The lowest BCUT2D eigenvalue weighted by Crippen LogP contribution is -2.38. The van der Waals surface area contributed by atoms with Crippen molar-refractivity contribution in [3.63, 3.8) is 0 Å². The van der Waals surface area contributed by atoms with E-state index in [2.05, 4.69) is 48.5 Å². The highest BCUT2D eigenvalue weighted by Crippen LogP contribution is 2.17. The summed E-state index contributed by atoms with van der Waals surface area (Å²) in [6, 6.07) is 9.57. The molecule has 0 bridgehead atoms. The van der Waals surface area contributed by atoms with Crippen LogP contribution in [0.15, 0.2) is 24.3 Å². The zero-order valence-electron chi connectivity index (χ0n) is 12.5. The molecule has 0 amide bonds. The van der Waals surface area contributed by atoms with Crippen LogP contribution in [0.3, 0.4) is 0 Å². The predicted octanol–water partition coefficient (Wildman–Crippen LogP) is 3.21. The molecule has 1 saturated heterocycles. The Kier molecular flexibility index (Phi) is 5.87. The first-order valence-electron chi connectivity index (χ1n) is 7.79. The maximum Gasteiger partial charge on any atom is 0.0208 e. The number of piperidine rings is 1. The topological polar surface area (TPSA) is 15.3 Å². The van der Waals surface area contributed by atoms with Crippen LogP contribution in [0.5, 0.6) is 0 Å². The third kappa shape index (κ3) is 4.32. The second-order valence-electron chi connectivity index (χ2n) is 5.72. The summed E-state index contributed by atoms with van der Waals surface area (Å²) in [5.74, 6) is 0. The molecule has 1 atom stereocenters. The fourth-order valence-electron chi connectivity index (χ4n) is 3.08. The second-order valence-corrected chi connectivity index (χ2v) is 5.72. The van der Waals surface area contributed by atoms with E-state index in [-0.39, 0.29) is 0 Å². The Labute approximate surface area is 118 Å². The molecule has 1 fully saturated rings. The molecule has 0 aromatic heterocycles. The fourth-order valence-corrected chi connectivity index (χ4v) is 3.08. The van der Waals surface area contributed by atoms with Gasteiger partial charge in [0.2, 0.25) is 0 Å². The number of aryl methyl sites for hydroxylation is 1. The summed E-state index contributed by atoms with van der Waals surface area (Å²) in [6.45, 7) is 5.66. The van der Waals surface area contributed by atoms with Gasteiger partial charge in [0.15, 0.2) is 0 Å². The van der Waals surface area contributed by atoms with Gasteiger partial charge >= 0.3 is 0 Å². The van der Waals surface area contributed by atoms with Crippen molar-refractivity contribution in [3.8, 4) is 0 Å². The van der Waals surface area contributed by atoms with Crippen LogP contribution < -0.4 is 5.32 Å². The number of nitrogens with zero attached hydrogens (tertiary/aromatic N) is 1. The maximum atomic E-state index is 3.62. The summed E-state index contributed by atoms with van der Waals surface area (Å²) >= 11 is 0. The Bertz CT molecular complexity index is 375. The van der Waals surface area contributed by atoms with Crippen LogP contribution in [-0.4, -0.2) is 31.1 Å². The second kappa shape index (κ2) is 7.66. The first-order chi connectivity index (χ1) is 9.31. The monoisotopic (exact) mass is 260 g/mol. The van der Waals surface area contributed by atoms with Gasteiger partial charge in [-0.15, -0.1) is 0 Å². The van der Waals surface area contributed by atoms with Gasteiger partial charge in [-0.3, -0.25) is 0 Å². The van der Waals surface area contributed by atoms with Crippen molar-refractivity contribution in [2.75, 3.05) is 20.1 Å². The lowest BCUT2D eigenvalue weighted by atomic mass is 10.00. The van der Waals surface area contributed by atoms with Crippen molar-refractivity contribution in [2.24, 2.45) is 0 Å². The molecule has 1 N–H and O–H groups in total. The SMILES string of the molecule is CCc1ccccc1CNCCC1CCCCN1C. The molecule has 2 nitrogen and oxygen atoms in total. The zero-order valence-corrected chi connectivity index (χ0v) is 12.5. The van der Waals surface area contributed by atoms with Crippen molar-refractivity contribution in [1.82, 2.24) is 10.2 Å². The van der Waals surface area contributed by atoms with Crippen LogP contribution in [0.4, 0.5) is 0 Å². The molecule has 1 heterocycles. The average Bonchev–Trinajstić information content (AvgIpc) is 2.45. The van der Waals surface area contributed by atoms with E-state index in [1.807, 2.05) is 0 Å². The van der Waals surface area contributed by atoms with Crippen molar-refractivity contribution in [3.05, 3.63) is 35.4 Å². The molecule has 1 aliphatic heterocycles. The highest BCUT2D eigenvalue weighted by molar-refractivity contribution is 5.26. The van der Waals surface area contributed by atoms with Crippen molar-refractivity contribution >= 4 is 0 Å². The molecule has 2 rings (SSSR count). The van der Waals surface area contributed by atoms with Gasteiger partial charge < -0.3 is 10.2 Å². The number of benzene rings is 1. The average molecular weight is 260 g/mol. The number of hydrogen-bond acceptors (Lipinski definition) is 2. The molecular formula is C17H28N2. The number of likely N-dealkylation sites (tertiary alicyclic amines) is 1. The molecule has 0 spiro atoms. The highest BCUT2D eigenvalue weighted by Gasteiger charge is 2.17. The molecule has 0 saturated carbocycles. The highest BCUT2D eigenvalue weighted by atomic mass is 15.1. The van der Waals surface area contributed by atoms with E-state index in [1.54, 1.807) is 0 Å². The Hall–Kier alpha value is -0.860. The van der Waals surface area contributed by atoms with Crippen LogP contribution in [0.1, 0.15) is 43.7 Å². The van der Waals surface area contributed by atoms with E-state index in [0.717, 1.165) is 25.6 Å². The predicted molar refractivity (Wildman–Crippen MR) is 82.4 cm³/mol. The molecule has 2 heteroatoms. The van der Waals surface area contributed by atoms with E-state index in [4.69, 9.17) is 0 Å². The van der Waals surface area contributed by atoms with Crippen molar-refractivity contribution in [1.29, 1.82) is 0 Å². The van der Waals surface area contributed by atoms with Crippen molar-refractivity contribution < 1.29 is 0 Å². The quantitative estimate of drug-likeness (QED) is 0.790. The lowest BCUT2D eigenvalue weighted by Gasteiger charge is -2.32. The van der Waals surface area contributed by atoms with Crippen LogP contribution in [0.2, 0.25) is 0 Å². The lowest BCUT2D eigenvalue weighted by molar-refractivity contribution is 0.175. The number of rotatable bonds is 6. The Morgan fingerprint density at radius 2 is 2.00 bits per heavy atom. The fraction of sp³-hybridized carbons (Fsp3) is 0.647. The molecule has 1 unspecified atom stereocenters. The molecule has 1 aromatic carbocycles. The van der Waals surface area contributed by atoms with Crippen LogP contribution in [0.25, 0.3) is 0 Å². The third-order valence-electron chi connectivity index (χ3n) is 4.39. The minimum atomic E-state index is 0.794. The summed E-state index contributed by atoms with van der Waals surface area (Å²) in [7, 11) is 2.27. The first kappa shape index (κ1) is 14.5. The normalized spacial score (nSPS) is 20.6. The van der Waals surface area contributed by atoms with Gasteiger partial charge in [-0.25, -0.2) is 0 Å². The van der Waals surface area contributed by atoms with Gasteiger partial charge in [-0.1, -0.05) is 37.6 Å². The van der Waals surface area contributed by atoms with E-state index >= 15 is 0 Å². The van der Waals surface area contributed by atoms with Crippen LogP contribution in [-0.2, 0) is 13.0 Å². The molecular weight excluding hydrogens is 232 g/mol. The molecule has 1 aliphatic rings. The Balaban J connectivity index is 1.71. The van der Waals surface area contributed by atoms with Crippen LogP contribution >= 0.6 is 0 Å². The van der Waals surface area contributed by atoms with Gasteiger partial charge in [-0.2, -0.15) is 0 Å².